The minimum atomic E-state index is 0.165. The van der Waals surface area contributed by atoms with Crippen molar-refractivity contribution < 1.29 is 14.2 Å². The van der Waals surface area contributed by atoms with Crippen molar-refractivity contribution >= 4 is 11.4 Å². The molecule has 0 fully saturated rings. The summed E-state index contributed by atoms with van der Waals surface area (Å²) in [5.74, 6) is 2.02. The van der Waals surface area contributed by atoms with Crippen LogP contribution in [-0.4, -0.2) is 41.8 Å². The predicted octanol–water partition coefficient (Wildman–Crippen LogP) is 2.76. The van der Waals surface area contributed by atoms with Crippen LogP contribution >= 0.6 is 0 Å². The Morgan fingerprint density at radius 2 is 2.15 bits per heavy atom. The Morgan fingerprint density at radius 3 is 2.85 bits per heavy atom. The number of hydrogen-bond donors (Lipinski definition) is 1. The minimum absolute atomic E-state index is 0.165. The van der Waals surface area contributed by atoms with Crippen molar-refractivity contribution in [2.45, 2.75) is 46.4 Å². The Labute approximate surface area is 160 Å². The van der Waals surface area contributed by atoms with Crippen LogP contribution in [0.3, 0.4) is 0 Å². The molecule has 1 aliphatic carbocycles. The summed E-state index contributed by atoms with van der Waals surface area (Å²) in [6.45, 7) is 8.27. The van der Waals surface area contributed by atoms with Crippen LogP contribution in [0.1, 0.15) is 44.4 Å². The number of rotatable bonds is 8. The van der Waals surface area contributed by atoms with E-state index < -0.39 is 0 Å². The third-order valence-electron chi connectivity index (χ3n) is 4.45. The van der Waals surface area contributed by atoms with Crippen LogP contribution in [0.25, 0.3) is 5.57 Å². The molecule has 0 saturated carbocycles. The van der Waals surface area contributed by atoms with E-state index in [9.17, 15) is 0 Å². The van der Waals surface area contributed by atoms with Gasteiger partial charge < -0.3 is 24.5 Å². The van der Waals surface area contributed by atoms with Gasteiger partial charge in [-0.1, -0.05) is 6.08 Å². The second-order valence-corrected chi connectivity index (χ2v) is 6.67. The molecule has 1 aromatic rings. The quantitative estimate of drug-likeness (QED) is 0.758. The van der Waals surface area contributed by atoms with Gasteiger partial charge in [-0.15, -0.1) is 0 Å². The Bertz CT molecular complexity index is 815. The van der Waals surface area contributed by atoms with Gasteiger partial charge in [-0.3, -0.25) is 0 Å². The van der Waals surface area contributed by atoms with Crippen molar-refractivity contribution in [2.75, 3.05) is 20.3 Å². The van der Waals surface area contributed by atoms with Gasteiger partial charge >= 0.3 is 0 Å². The normalized spacial score (nSPS) is 16.0. The van der Waals surface area contributed by atoms with E-state index in [1.165, 1.54) is 0 Å². The average Bonchev–Trinajstić information content (AvgIpc) is 2.78. The Kier molecular flexibility index (Phi) is 6.13. The molecule has 3 rings (SSSR count). The summed E-state index contributed by atoms with van der Waals surface area (Å²) in [7, 11) is 1.68. The summed E-state index contributed by atoms with van der Waals surface area (Å²) in [6, 6.07) is 0. The van der Waals surface area contributed by atoms with Crippen molar-refractivity contribution in [3.63, 3.8) is 0 Å². The molecule has 0 spiro atoms. The smallest absolute Gasteiger partial charge is 0.151 e. The topological polar surface area (TPSA) is 83.9 Å². The molecule has 146 valence electrons. The van der Waals surface area contributed by atoms with E-state index in [0.29, 0.717) is 44.3 Å². The van der Waals surface area contributed by atoms with Crippen LogP contribution in [0.5, 0.6) is 0 Å². The number of aromatic nitrogens is 2. The number of amidine groups is 1. The highest BCUT2D eigenvalue weighted by molar-refractivity contribution is 6.02. The standard InChI is InChI=1S/C20H28N4O3/c1-5-26-12-17-23-18-19(24(17)9-10-27-13(2)3)15-11-14(22-20(18)21)7-6-8-16(15)25-4/h6-8,13H,5,9-12H2,1-4H3,(H2,21,22). The fourth-order valence-electron chi connectivity index (χ4n) is 3.26. The number of nitrogens with two attached hydrogens (primary N) is 1. The Morgan fingerprint density at radius 1 is 1.33 bits per heavy atom. The summed E-state index contributed by atoms with van der Waals surface area (Å²) in [4.78, 5) is 9.35. The molecule has 7 heteroatoms. The summed E-state index contributed by atoms with van der Waals surface area (Å²) in [6.07, 6.45) is 6.64. The molecule has 0 saturated heterocycles. The van der Waals surface area contributed by atoms with Gasteiger partial charge in [0.15, 0.2) is 5.84 Å². The SMILES string of the molecule is CCOCc1nc2c(n1CCOC(C)C)C1=C(OC)C=CC=C(C1)N=C2N. The Balaban J connectivity index is 2.13. The minimum Gasteiger partial charge on any atom is -0.496 e. The number of imidazole rings is 1. The molecule has 2 bridgehead atoms. The molecule has 0 aromatic carbocycles. The first-order valence-corrected chi connectivity index (χ1v) is 9.33. The highest BCUT2D eigenvalue weighted by atomic mass is 16.5. The van der Waals surface area contributed by atoms with Crippen molar-refractivity contribution in [3.8, 4) is 0 Å². The first-order chi connectivity index (χ1) is 13.0. The molecule has 2 heterocycles. The lowest BCUT2D eigenvalue weighted by Crippen LogP contribution is -2.17. The molecule has 1 aromatic heterocycles. The molecule has 0 amide bonds. The molecule has 2 aliphatic rings. The van der Waals surface area contributed by atoms with Gasteiger partial charge in [0.25, 0.3) is 0 Å². The van der Waals surface area contributed by atoms with E-state index in [1.807, 2.05) is 39.0 Å². The predicted molar refractivity (Wildman–Crippen MR) is 105 cm³/mol. The third kappa shape index (κ3) is 4.14. The van der Waals surface area contributed by atoms with Gasteiger partial charge in [0, 0.05) is 30.8 Å². The first kappa shape index (κ1) is 19.4. The maximum Gasteiger partial charge on any atom is 0.151 e. The van der Waals surface area contributed by atoms with Gasteiger partial charge in [0.1, 0.15) is 23.9 Å². The number of aliphatic imine (C=N–C) groups is 1. The summed E-state index contributed by atoms with van der Waals surface area (Å²) in [5, 5.41) is 0. The average molecular weight is 372 g/mol. The zero-order valence-electron chi connectivity index (χ0n) is 16.5. The van der Waals surface area contributed by atoms with Crippen LogP contribution in [0.4, 0.5) is 0 Å². The number of ether oxygens (including phenoxy) is 3. The Hall–Kier alpha value is -2.38. The van der Waals surface area contributed by atoms with Crippen LogP contribution < -0.4 is 5.73 Å². The number of allylic oxidation sites excluding steroid dienone is 4. The highest BCUT2D eigenvalue weighted by Crippen LogP contribution is 2.35. The zero-order valence-corrected chi connectivity index (χ0v) is 16.5. The van der Waals surface area contributed by atoms with Crippen LogP contribution in [0.2, 0.25) is 0 Å². The summed E-state index contributed by atoms with van der Waals surface area (Å²) in [5.41, 5.74) is 9.83. The molecule has 27 heavy (non-hydrogen) atoms. The second kappa shape index (κ2) is 8.54. The zero-order chi connectivity index (χ0) is 19.4. The lowest BCUT2D eigenvalue weighted by molar-refractivity contribution is 0.0699. The molecule has 0 unspecified atom stereocenters. The van der Waals surface area contributed by atoms with E-state index in [2.05, 4.69) is 9.56 Å². The van der Waals surface area contributed by atoms with Gasteiger partial charge in [-0.05, 0) is 32.9 Å². The molecule has 0 radical (unpaired) electrons. The lowest BCUT2D eigenvalue weighted by Gasteiger charge is -2.17. The van der Waals surface area contributed by atoms with Crippen molar-refractivity contribution in [1.82, 2.24) is 9.55 Å². The van der Waals surface area contributed by atoms with Gasteiger partial charge in [-0.25, -0.2) is 9.98 Å². The molecule has 0 atom stereocenters. The van der Waals surface area contributed by atoms with Gasteiger partial charge in [0.05, 0.1) is 25.5 Å². The van der Waals surface area contributed by atoms with Crippen molar-refractivity contribution in [2.24, 2.45) is 10.7 Å². The lowest BCUT2D eigenvalue weighted by atomic mass is 10.0. The van der Waals surface area contributed by atoms with E-state index >= 15 is 0 Å². The van der Waals surface area contributed by atoms with E-state index in [-0.39, 0.29) is 6.10 Å². The van der Waals surface area contributed by atoms with Crippen LogP contribution in [0, 0.1) is 0 Å². The monoisotopic (exact) mass is 372 g/mol. The number of nitrogens with zero attached hydrogens (tertiary/aromatic N) is 3. The largest absolute Gasteiger partial charge is 0.496 e. The second-order valence-electron chi connectivity index (χ2n) is 6.67. The van der Waals surface area contributed by atoms with Gasteiger partial charge in [-0.2, -0.15) is 0 Å². The fraction of sp³-hybridized carbons (Fsp3) is 0.500. The molecular formula is C20H28N4O3. The van der Waals surface area contributed by atoms with E-state index in [0.717, 1.165) is 28.5 Å². The maximum atomic E-state index is 6.30. The van der Waals surface area contributed by atoms with Crippen LogP contribution in [-0.2, 0) is 27.4 Å². The first-order valence-electron chi connectivity index (χ1n) is 9.33. The summed E-state index contributed by atoms with van der Waals surface area (Å²) < 4.78 is 19.2. The van der Waals surface area contributed by atoms with Crippen molar-refractivity contribution in [1.29, 1.82) is 0 Å². The maximum absolute atomic E-state index is 6.30. The molecule has 2 N–H and O–H groups in total. The number of fused-ring (bicyclic) bond motifs is 4. The van der Waals surface area contributed by atoms with E-state index in [1.54, 1.807) is 7.11 Å². The van der Waals surface area contributed by atoms with Crippen LogP contribution in [0.15, 0.2) is 34.7 Å². The van der Waals surface area contributed by atoms with Crippen molar-refractivity contribution in [3.05, 3.63) is 46.9 Å². The number of methoxy groups -OCH3 is 1. The summed E-state index contributed by atoms with van der Waals surface area (Å²) >= 11 is 0. The molecule has 7 nitrogen and oxygen atoms in total. The highest BCUT2D eigenvalue weighted by Gasteiger charge is 2.28. The van der Waals surface area contributed by atoms with E-state index in [4.69, 9.17) is 24.9 Å². The number of hydrogen-bond acceptors (Lipinski definition) is 6. The third-order valence-corrected chi connectivity index (χ3v) is 4.45. The fourth-order valence-corrected chi connectivity index (χ4v) is 3.26. The van der Waals surface area contributed by atoms with Gasteiger partial charge in [0.2, 0.25) is 0 Å². The molecule has 1 aliphatic heterocycles. The molecular weight excluding hydrogens is 344 g/mol.